The molecule has 0 aliphatic carbocycles. The Hall–Kier alpha value is -4.53. The maximum Gasteiger partial charge on any atom is 0.349 e. The molecular weight excluding hydrogens is 400 g/mol. The minimum Gasteiger partial charge on any atom is -0.489 e. The fourth-order valence-electron chi connectivity index (χ4n) is 2.91. The Morgan fingerprint density at radius 3 is 2.42 bits per heavy atom. The topological polar surface area (TPSA) is 120 Å². The number of ether oxygens (including phenoxy) is 1. The van der Waals surface area contributed by atoms with Gasteiger partial charge < -0.3 is 9.72 Å². The zero-order valence-corrected chi connectivity index (χ0v) is 16.1. The number of aromatic amines is 1. The summed E-state index contributed by atoms with van der Waals surface area (Å²) in [4.78, 5) is 37.5. The van der Waals surface area contributed by atoms with E-state index in [4.69, 9.17) is 4.74 Å². The normalized spacial score (nSPS) is 11.1. The summed E-state index contributed by atoms with van der Waals surface area (Å²) in [5.41, 5.74) is 0.824. The van der Waals surface area contributed by atoms with Gasteiger partial charge in [-0.15, -0.1) is 4.68 Å². The van der Waals surface area contributed by atoms with Crippen molar-refractivity contribution in [3.05, 3.63) is 115 Å². The number of rotatable bonds is 6. The molecule has 31 heavy (non-hydrogen) atoms. The third kappa shape index (κ3) is 4.40. The van der Waals surface area contributed by atoms with Gasteiger partial charge >= 0.3 is 5.69 Å². The number of fused-ring (bicyclic) bond motifs is 1. The number of para-hydroxylation sites is 1. The summed E-state index contributed by atoms with van der Waals surface area (Å²) in [7, 11) is 0. The molecule has 4 aromatic rings. The van der Waals surface area contributed by atoms with Crippen LogP contribution in [0.2, 0.25) is 0 Å². The first kappa shape index (κ1) is 19.8. The Morgan fingerprint density at radius 2 is 1.71 bits per heavy atom. The predicted molar refractivity (Wildman–Crippen MR) is 116 cm³/mol. The van der Waals surface area contributed by atoms with Gasteiger partial charge in [0, 0.05) is 12.1 Å². The maximum atomic E-state index is 12.5. The van der Waals surface area contributed by atoms with Crippen LogP contribution in [0.15, 0.2) is 87.5 Å². The van der Waals surface area contributed by atoms with Gasteiger partial charge in [0.2, 0.25) is 0 Å². The second-order valence-electron chi connectivity index (χ2n) is 6.62. The molecule has 3 aromatic carbocycles. The summed E-state index contributed by atoms with van der Waals surface area (Å²) in [5, 5.41) is 15.1. The van der Waals surface area contributed by atoms with Crippen molar-refractivity contribution in [1.82, 2.24) is 9.66 Å². The van der Waals surface area contributed by atoms with E-state index >= 15 is 0 Å². The van der Waals surface area contributed by atoms with Crippen molar-refractivity contribution in [1.29, 1.82) is 0 Å². The van der Waals surface area contributed by atoms with Crippen molar-refractivity contribution in [3.8, 4) is 5.75 Å². The quantitative estimate of drug-likeness (QED) is 0.294. The molecule has 9 heteroatoms. The van der Waals surface area contributed by atoms with Crippen LogP contribution >= 0.6 is 0 Å². The van der Waals surface area contributed by atoms with E-state index < -0.39 is 16.2 Å². The summed E-state index contributed by atoms with van der Waals surface area (Å²) in [6.45, 7) is 0.257. The molecule has 0 saturated heterocycles. The van der Waals surface area contributed by atoms with Crippen molar-refractivity contribution in [3.63, 3.8) is 0 Å². The standard InChI is InChI=1S/C22H16N4O5/c27-21-19-3-1-2-4-20(19)24-22(28)25(21)23-13-15-7-11-18(12-8-15)31-14-16-5-9-17(10-6-16)26(29)30/h1-13H,14H2,(H,24,28). The Morgan fingerprint density at radius 1 is 1.00 bits per heavy atom. The monoisotopic (exact) mass is 416 g/mol. The lowest BCUT2D eigenvalue weighted by molar-refractivity contribution is -0.384. The number of non-ortho nitro benzene ring substituents is 1. The molecule has 154 valence electrons. The first-order chi connectivity index (χ1) is 15.0. The maximum absolute atomic E-state index is 12.5. The molecule has 1 N–H and O–H groups in total. The van der Waals surface area contributed by atoms with Crippen LogP contribution in [0.25, 0.3) is 10.9 Å². The molecule has 0 amide bonds. The van der Waals surface area contributed by atoms with Gasteiger partial charge in [-0.3, -0.25) is 14.9 Å². The van der Waals surface area contributed by atoms with Crippen LogP contribution in [-0.4, -0.2) is 20.8 Å². The van der Waals surface area contributed by atoms with Crippen LogP contribution in [0.1, 0.15) is 11.1 Å². The van der Waals surface area contributed by atoms with E-state index in [1.165, 1.54) is 18.3 Å². The lowest BCUT2D eigenvalue weighted by Crippen LogP contribution is -2.32. The molecule has 0 radical (unpaired) electrons. The van der Waals surface area contributed by atoms with E-state index in [1.54, 1.807) is 60.7 Å². The van der Waals surface area contributed by atoms with E-state index in [0.717, 1.165) is 10.2 Å². The van der Waals surface area contributed by atoms with Crippen LogP contribution in [0, 0.1) is 10.1 Å². The fourth-order valence-corrected chi connectivity index (χ4v) is 2.91. The van der Waals surface area contributed by atoms with E-state index in [2.05, 4.69) is 10.1 Å². The summed E-state index contributed by atoms with van der Waals surface area (Å²) in [5.74, 6) is 0.594. The highest BCUT2D eigenvalue weighted by Crippen LogP contribution is 2.16. The first-order valence-corrected chi connectivity index (χ1v) is 9.26. The molecule has 1 heterocycles. The number of nitro groups is 1. The highest BCUT2D eigenvalue weighted by Gasteiger charge is 2.06. The minimum absolute atomic E-state index is 0.0248. The number of benzene rings is 3. The molecule has 0 atom stereocenters. The Labute approximate surface area is 175 Å². The number of nitro benzene ring substituents is 1. The van der Waals surface area contributed by atoms with E-state index in [0.29, 0.717) is 22.2 Å². The number of nitrogens with one attached hydrogen (secondary N) is 1. The zero-order chi connectivity index (χ0) is 21.8. The zero-order valence-electron chi connectivity index (χ0n) is 16.1. The van der Waals surface area contributed by atoms with Crippen LogP contribution in [0.5, 0.6) is 5.75 Å². The van der Waals surface area contributed by atoms with Gasteiger partial charge in [-0.1, -0.05) is 12.1 Å². The highest BCUT2D eigenvalue weighted by molar-refractivity contribution is 5.80. The average molecular weight is 416 g/mol. The van der Waals surface area contributed by atoms with Crippen LogP contribution < -0.4 is 16.0 Å². The molecule has 0 unspecified atom stereocenters. The number of hydrogen-bond acceptors (Lipinski definition) is 6. The predicted octanol–water partition coefficient (Wildman–Crippen LogP) is 3.06. The average Bonchev–Trinajstić information content (AvgIpc) is 2.78. The number of nitrogens with zero attached hydrogens (tertiary/aromatic N) is 3. The number of hydrogen-bond donors (Lipinski definition) is 1. The van der Waals surface area contributed by atoms with Gasteiger partial charge in [-0.2, -0.15) is 5.10 Å². The summed E-state index contributed by atoms with van der Waals surface area (Å²) in [6, 6.07) is 19.8. The lowest BCUT2D eigenvalue weighted by Gasteiger charge is -2.06. The lowest BCUT2D eigenvalue weighted by atomic mass is 10.2. The van der Waals surface area contributed by atoms with E-state index in [1.807, 2.05) is 0 Å². The highest BCUT2D eigenvalue weighted by atomic mass is 16.6. The smallest absolute Gasteiger partial charge is 0.349 e. The molecule has 0 bridgehead atoms. The molecule has 0 aliphatic rings. The van der Waals surface area contributed by atoms with Gasteiger partial charge in [-0.05, 0) is 59.7 Å². The van der Waals surface area contributed by atoms with Crippen molar-refractivity contribution in [2.24, 2.45) is 5.10 Å². The van der Waals surface area contributed by atoms with Crippen LogP contribution in [0.4, 0.5) is 5.69 Å². The molecular formula is C22H16N4O5. The minimum atomic E-state index is -0.622. The second-order valence-corrected chi connectivity index (χ2v) is 6.62. The molecule has 0 saturated carbocycles. The van der Waals surface area contributed by atoms with Gasteiger partial charge in [-0.25, -0.2) is 4.79 Å². The SMILES string of the molecule is O=c1[nH]c2ccccc2c(=O)n1N=Cc1ccc(OCc2ccc([N+](=O)[O-])cc2)cc1. The summed E-state index contributed by atoms with van der Waals surface area (Å²) in [6.07, 6.45) is 1.41. The van der Waals surface area contributed by atoms with Gasteiger partial charge in [0.05, 0.1) is 22.0 Å². The van der Waals surface area contributed by atoms with Gasteiger partial charge in [0.25, 0.3) is 11.2 Å². The third-order valence-corrected chi connectivity index (χ3v) is 4.54. The molecule has 4 rings (SSSR count). The van der Waals surface area contributed by atoms with Gasteiger partial charge in [0.1, 0.15) is 12.4 Å². The first-order valence-electron chi connectivity index (χ1n) is 9.26. The number of H-pyrrole nitrogens is 1. The summed E-state index contributed by atoms with van der Waals surface area (Å²) < 4.78 is 6.45. The van der Waals surface area contributed by atoms with Gasteiger partial charge in [0.15, 0.2) is 0 Å². The number of aromatic nitrogens is 2. The molecule has 0 spiro atoms. The molecule has 0 aliphatic heterocycles. The largest absolute Gasteiger partial charge is 0.489 e. The molecule has 1 aromatic heterocycles. The van der Waals surface area contributed by atoms with Crippen molar-refractivity contribution < 1.29 is 9.66 Å². The van der Waals surface area contributed by atoms with E-state index in [9.17, 15) is 19.7 Å². The van der Waals surface area contributed by atoms with Crippen LogP contribution in [-0.2, 0) is 6.61 Å². The third-order valence-electron chi connectivity index (χ3n) is 4.54. The Balaban J connectivity index is 1.46. The Bertz CT molecular complexity index is 1390. The summed E-state index contributed by atoms with van der Waals surface area (Å²) >= 11 is 0. The van der Waals surface area contributed by atoms with Crippen molar-refractivity contribution in [2.45, 2.75) is 6.61 Å². The fraction of sp³-hybridized carbons (Fsp3) is 0.0455. The van der Waals surface area contributed by atoms with Crippen molar-refractivity contribution >= 4 is 22.8 Å². The molecule has 9 nitrogen and oxygen atoms in total. The Kier molecular flexibility index (Phi) is 5.39. The van der Waals surface area contributed by atoms with E-state index in [-0.39, 0.29) is 12.3 Å². The second kappa shape index (κ2) is 8.46. The van der Waals surface area contributed by atoms with Crippen molar-refractivity contribution in [2.75, 3.05) is 0 Å². The van der Waals surface area contributed by atoms with Crippen LogP contribution in [0.3, 0.4) is 0 Å². The molecule has 0 fully saturated rings.